The molecule has 0 heterocycles. The molecule has 1 rings (SSSR count). The topological polar surface area (TPSA) is 9.23 Å². The van der Waals surface area contributed by atoms with Gasteiger partial charge in [-0.1, -0.05) is 23.3 Å². The Bertz CT molecular complexity index is 329. The number of aryl methyl sites for hydroxylation is 1. The summed E-state index contributed by atoms with van der Waals surface area (Å²) in [4.78, 5) is 0. The lowest BCUT2D eigenvalue weighted by atomic mass is 10.0. The molecule has 0 saturated heterocycles. The Morgan fingerprint density at radius 1 is 1.07 bits per heavy atom. The van der Waals surface area contributed by atoms with Crippen molar-refractivity contribution in [3.8, 4) is 5.75 Å². The number of benzene rings is 1. The lowest BCUT2D eigenvalue weighted by Crippen LogP contribution is -1.89. The standard InChI is InChI=1S/C14H20O/c1-11(2)12(3)5-6-13-7-9-14(15-4)10-8-13/h7-10H,5-6H2,1-4H3. The Labute approximate surface area is 92.8 Å². The summed E-state index contributed by atoms with van der Waals surface area (Å²) < 4.78 is 5.12. The number of ether oxygens (including phenoxy) is 1. The maximum Gasteiger partial charge on any atom is 0.118 e. The van der Waals surface area contributed by atoms with Crippen LogP contribution in [0.3, 0.4) is 0 Å². The van der Waals surface area contributed by atoms with Gasteiger partial charge in [0.1, 0.15) is 5.75 Å². The fourth-order valence-corrected chi connectivity index (χ4v) is 1.37. The Kier molecular flexibility index (Phi) is 4.41. The zero-order valence-electron chi connectivity index (χ0n) is 10.1. The summed E-state index contributed by atoms with van der Waals surface area (Å²) in [7, 11) is 1.70. The van der Waals surface area contributed by atoms with Gasteiger partial charge in [0, 0.05) is 0 Å². The van der Waals surface area contributed by atoms with Crippen LogP contribution in [0.15, 0.2) is 35.4 Å². The Morgan fingerprint density at radius 2 is 1.67 bits per heavy atom. The van der Waals surface area contributed by atoms with Crippen molar-refractivity contribution < 1.29 is 4.74 Å². The van der Waals surface area contributed by atoms with Crippen LogP contribution in [0.4, 0.5) is 0 Å². The average molecular weight is 204 g/mol. The van der Waals surface area contributed by atoms with E-state index in [2.05, 4.69) is 32.9 Å². The van der Waals surface area contributed by atoms with Crippen molar-refractivity contribution >= 4 is 0 Å². The van der Waals surface area contributed by atoms with Crippen molar-refractivity contribution in [2.24, 2.45) is 0 Å². The van der Waals surface area contributed by atoms with Crippen molar-refractivity contribution in [3.05, 3.63) is 41.0 Å². The first-order chi connectivity index (χ1) is 7.13. The van der Waals surface area contributed by atoms with Gasteiger partial charge in [-0.15, -0.1) is 0 Å². The van der Waals surface area contributed by atoms with E-state index in [1.165, 1.54) is 16.7 Å². The van der Waals surface area contributed by atoms with E-state index in [-0.39, 0.29) is 0 Å². The van der Waals surface area contributed by atoms with E-state index in [1.807, 2.05) is 12.1 Å². The van der Waals surface area contributed by atoms with Crippen molar-refractivity contribution in [1.29, 1.82) is 0 Å². The van der Waals surface area contributed by atoms with Gasteiger partial charge in [-0.05, 0) is 51.3 Å². The van der Waals surface area contributed by atoms with Crippen LogP contribution in [0.5, 0.6) is 5.75 Å². The van der Waals surface area contributed by atoms with Gasteiger partial charge in [-0.25, -0.2) is 0 Å². The largest absolute Gasteiger partial charge is 0.497 e. The molecule has 0 saturated carbocycles. The average Bonchev–Trinajstić information content (AvgIpc) is 2.26. The number of hydrogen-bond donors (Lipinski definition) is 0. The quantitative estimate of drug-likeness (QED) is 0.674. The third kappa shape index (κ3) is 3.78. The van der Waals surface area contributed by atoms with Gasteiger partial charge < -0.3 is 4.74 Å². The summed E-state index contributed by atoms with van der Waals surface area (Å²) in [6.45, 7) is 6.55. The van der Waals surface area contributed by atoms with Crippen molar-refractivity contribution in [2.75, 3.05) is 7.11 Å². The van der Waals surface area contributed by atoms with E-state index in [1.54, 1.807) is 7.11 Å². The highest BCUT2D eigenvalue weighted by molar-refractivity contribution is 5.27. The van der Waals surface area contributed by atoms with Crippen molar-refractivity contribution in [1.82, 2.24) is 0 Å². The van der Waals surface area contributed by atoms with Crippen LogP contribution < -0.4 is 4.74 Å². The second kappa shape index (κ2) is 5.59. The molecule has 82 valence electrons. The summed E-state index contributed by atoms with van der Waals surface area (Å²) in [6, 6.07) is 8.31. The monoisotopic (exact) mass is 204 g/mol. The molecule has 0 aromatic heterocycles. The highest BCUT2D eigenvalue weighted by atomic mass is 16.5. The smallest absolute Gasteiger partial charge is 0.118 e. The molecule has 0 spiro atoms. The first-order valence-electron chi connectivity index (χ1n) is 5.39. The maximum atomic E-state index is 5.12. The van der Waals surface area contributed by atoms with Gasteiger partial charge in [0.05, 0.1) is 7.11 Å². The molecule has 1 heteroatoms. The first kappa shape index (κ1) is 11.8. The molecule has 0 bridgehead atoms. The fourth-order valence-electron chi connectivity index (χ4n) is 1.37. The highest BCUT2D eigenvalue weighted by Gasteiger charge is 1.97. The molecule has 1 aromatic rings. The van der Waals surface area contributed by atoms with E-state index in [4.69, 9.17) is 4.74 Å². The molecule has 0 fully saturated rings. The third-order valence-electron chi connectivity index (χ3n) is 2.80. The normalized spacial score (nSPS) is 9.87. The van der Waals surface area contributed by atoms with Gasteiger partial charge >= 0.3 is 0 Å². The van der Waals surface area contributed by atoms with E-state index >= 15 is 0 Å². The molecule has 0 aliphatic rings. The van der Waals surface area contributed by atoms with Gasteiger partial charge in [0.15, 0.2) is 0 Å². The number of rotatable bonds is 4. The minimum absolute atomic E-state index is 0.928. The molecule has 1 nitrogen and oxygen atoms in total. The molecule has 15 heavy (non-hydrogen) atoms. The first-order valence-corrected chi connectivity index (χ1v) is 5.39. The molecular formula is C14H20O. The van der Waals surface area contributed by atoms with Crippen LogP contribution >= 0.6 is 0 Å². The summed E-state index contributed by atoms with van der Waals surface area (Å²) in [6.07, 6.45) is 2.26. The van der Waals surface area contributed by atoms with Gasteiger partial charge in [-0.3, -0.25) is 0 Å². The Balaban J connectivity index is 2.55. The highest BCUT2D eigenvalue weighted by Crippen LogP contribution is 2.15. The molecule has 0 unspecified atom stereocenters. The molecular weight excluding hydrogens is 184 g/mol. The summed E-state index contributed by atoms with van der Waals surface area (Å²) in [5.41, 5.74) is 4.30. The fraction of sp³-hybridized carbons (Fsp3) is 0.429. The molecule has 0 radical (unpaired) electrons. The van der Waals surface area contributed by atoms with Crippen LogP contribution in [-0.4, -0.2) is 7.11 Å². The second-order valence-electron chi connectivity index (χ2n) is 4.13. The third-order valence-corrected chi connectivity index (χ3v) is 2.80. The van der Waals surface area contributed by atoms with Crippen LogP contribution in [0, 0.1) is 0 Å². The predicted octanol–water partition coefficient (Wildman–Crippen LogP) is 3.98. The van der Waals surface area contributed by atoms with E-state index in [0.29, 0.717) is 0 Å². The van der Waals surface area contributed by atoms with Crippen LogP contribution in [0.1, 0.15) is 32.8 Å². The maximum absolute atomic E-state index is 5.12. The van der Waals surface area contributed by atoms with Gasteiger partial charge in [-0.2, -0.15) is 0 Å². The van der Waals surface area contributed by atoms with Crippen LogP contribution in [0.25, 0.3) is 0 Å². The Morgan fingerprint density at radius 3 is 2.13 bits per heavy atom. The lowest BCUT2D eigenvalue weighted by molar-refractivity contribution is 0.414. The SMILES string of the molecule is COc1ccc(CCC(C)=C(C)C)cc1. The van der Waals surface area contributed by atoms with Crippen LogP contribution in [-0.2, 0) is 6.42 Å². The number of allylic oxidation sites excluding steroid dienone is 2. The lowest BCUT2D eigenvalue weighted by Gasteiger charge is -2.05. The van der Waals surface area contributed by atoms with Gasteiger partial charge in [0.2, 0.25) is 0 Å². The molecule has 0 aliphatic carbocycles. The summed E-state index contributed by atoms with van der Waals surface area (Å²) in [5.74, 6) is 0.928. The Hall–Kier alpha value is -1.24. The molecule has 0 aliphatic heterocycles. The minimum Gasteiger partial charge on any atom is -0.497 e. The minimum atomic E-state index is 0.928. The zero-order valence-corrected chi connectivity index (χ0v) is 10.1. The number of methoxy groups -OCH3 is 1. The van der Waals surface area contributed by atoms with Crippen molar-refractivity contribution in [3.63, 3.8) is 0 Å². The van der Waals surface area contributed by atoms with E-state index in [9.17, 15) is 0 Å². The predicted molar refractivity (Wildman–Crippen MR) is 65.4 cm³/mol. The molecule has 1 aromatic carbocycles. The second-order valence-corrected chi connectivity index (χ2v) is 4.13. The number of hydrogen-bond acceptors (Lipinski definition) is 1. The van der Waals surface area contributed by atoms with E-state index in [0.717, 1.165) is 18.6 Å². The molecule has 0 N–H and O–H groups in total. The van der Waals surface area contributed by atoms with E-state index < -0.39 is 0 Å². The van der Waals surface area contributed by atoms with Crippen molar-refractivity contribution in [2.45, 2.75) is 33.6 Å². The summed E-state index contributed by atoms with van der Waals surface area (Å²) >= 11 is 0. The van der Waals surface area contributed by atoms with Crippen LogP contribution in [0.2, 0.25) is 0 Å². The zero-order chi connectivity index (χ0) is 11.3. The molecule has 0 amide bonds. The van der Waals surface area contributed by atoms with Gasteiger partial charge in [0.25, 0.3) is 0 Å². The molecule has 0 atom stereocenters. The summed E-state index contributed by atoms with van der Waals surface area (Å²) in [5, 5.41) is 0.